The summed E-state index contributed by atoms with van der Waals surface area (Å²) in [4.78, 5) is 11.6. The molecule has 5 heteroatoms. The van der Waals surface area contributed by atoms with Gasteiger partial charge in [-0.3, -0.25) is 4.79 Å². The number of carbonyl (C=O) groups excluding carboxylic acids is 1. The molecule has 0 unspecified atom stereocenters. The number of amides is 1. The summed E-state index contributed by atoms with van der Waals surface area (Å²) in [7, 11) is 0. The molecule has 0 aliphatic heterocycles. The van der Waals surface area contributed by atoms with Gasteiger partial charge in [0.1, 0.15) is 0 Å². The second-order valence-electron chi connectivity index (χ2n) is 3.33. The third kappa shape index (κ3) is 4.59. The van der Waals surface area contributed by atoms with Gasteiger partial charge in [0.05, 0.1) is 11.5 Å². The van der Waals surface area contributed by atoms with Crippen LogP contribution in [-0.2, 0) is 11.2 Å². The van der Waals surface area contributed by atoms with Gasteiger partial charge in [-0.2, -0.15) is 0 Å². The Hall–Kier alpha value is -1.13. The monoisotopic (exact) mass is 256 g/mol. The zero-order chi connectivity index (χ0) is 12.0. The van der Waals surface area contributed by atoms with Crippen LogP contribution < -0.4 is 11.1 Å². The molecule has 0 radical (unpaired) electrons. The highest BCUT2D eigenvalue weighted by molar-refractivity contribution is 7.80. The number of aryl methyl sites for hydroxylation is 1. The minimum atomic E-state index is -0.0762. The maximum Gasteiger partial charge on any atom is 0.220 e. The van der Waals surface area contributed by atoms with E-state index in [1.807, 2.05) is 24.3 Å². The Balaban J connectivity index is 2.37. The first-order valence-corrected chi connectivity index (χ1v) is 5.66. The van der Waals surface area contributed by atoms with E-state index in [0.29, 0.717) is 17.9 Å². The second-order valence-corrected chi connectivity index (χ2v) is 4.27. The van der Waals surface area contributed by atoms with Crippen LogP contribution in [0.1, 0.15) is 12.0 Å². The van der Waals surface area contributed by atoms with Crippen LogP contribution in [0.3, 0.4) is 0 Å². The van der Waals surface area contributed by atoms with Crippen LogP contribution in [0, 0.1) is 0 Å². The Morgan fingerprint density at radius 3 is 2.75 bits per heavy atom. The fourth-order valence-corrected chi connectivity index (χ4v) is 1.53. The van der Waals surface area contributed by atoms with Crippen LogP contribution in [-0.4, -0.2) is 17.4 Å². The van der Waals surface area contributed by atoms with E-state index in [4.69, 9.17) is 17.3 Å². The average molecular weight is 257 g/mol. The first kappa shape index (κ1) is 12.9. The predicted octanol–water partition coefficient (Wildman–Crippen LogP) is 1.67. The minimum absolute atomic E-state index is 0.0762. The number of thiocarbonyl (C=S) groups is 1. The van der Waals surface area contributed by atoms with E-state index in [1.54, 1.807) is 0 Å². The molecule has 3 nitrogen and oxygen atoms in total. The topological polar surface area (TPSA) is 55.1 Å². The van der Waals surface area contributed by atoms with E-state index in [2.05, 4.69) is 17.5 Å². The Labute approximate surface area is 105 Å². The lowest BCUT2D eigenvalue weighted by Gasteiger charge is -2.05. The number of nitrogens with one attached hydrogen (secondary N) is 1. The smallest absolute Gasteiger partial charge is 0.220 e. The summed E-state index contributed by atoms with van der Waals surface area (Å²) in [5.41, 5.74) is 6.23. The average Bonchev–Trinajstić information content (AvgIpc) is 2.25. The number of benzene rings is 1. The first-order valence-electron chi connectivity index (χ1n) is 4.88. The van der Waals surface area contributed by atoms with E-state index in [0.717, 1.165) is 5.56 Å². The number of halogens is 1. The number of rotatable bonds is 5. The highest BCUT2D eigenvalue weighted by atomic mass is 35.5. The molecule has 1 aromatic carbocycles. The van der Waals surface area contributed by atoms with Crippen LogP contribution in [0.25, 0.3) is 0 Å². The number of carbonyl (C=O) groups is 1. The van der Waals surface area contributed by atoms with E-state index >= 15 is 0 Å². The van der Waals surface area contributed by atoms with Crippen molar-refractivity contribution in [3.8, 4) is 0 Å². The van der Waals surface area contributed by atoms with Gasteiger partial charge in [0.2, 0.25) is 5.91 Å². The molecule has 16 heavy (non-hydrogen) atoms. The SMILES string of the molecule is NC(=S)CNC(=O)CCc1ccccc1Cl. The van der Waals surface area contributed by atoms with Gasteiger partial charge in [-0.15, -0.1) is 0 Å². The van der Waals surface area contributed by atoms with Crippen LogP contribution >= 0.6 is 23.8 Å². The minimum Gasteiger partial charge on any atom is -0.392 e. The molecule has 0 saturated heterocycles. The maximum atomic E-state index is 11.4. The Morgan fingerprint density at radius 1 is 1.44 bits per heavy atom. The first-order chi connectivity index (χ1) is 7.59. The number of hydrogen-bond acceptors (Lipinski definition) is 2. The molecule has 0 aliphatic rings. The largest absolute Gasteiger partial charge is 0.392 e. The van der Waals surface area contributed by atoms with Gasteiger partial charge < -0.3 is 11.1 Å². The van der Waals surface area contributed by atoms with Gasteiger partial charge in [-0.25, -0.2) is 0 Å². The predicted molar refractivity (Wildman–Crippen MR) is 69.6 cm³/mol. The molecular weight excluding hydrogens is 244 g/mol. The lowest BCUT2D eigenvalue weighted by Crippen LogP contribution is -2.32. The molecule has 0 spiro atoms. The van der Waals surface area contributed by atoms with E-state index in [9.17, 15) is 4.79 Å². The Kier molecular flexibility index (Phi) is 5.22. The van der Waals surface area contributed by atoms with Gasteiger partial charge in [-0.1, -0.05) is 42.0 Å². The summed E-state index contributed by atoms with van der Waals surface area (Å²) in [6, 6.07) is 7.47. The summed E-state index contributed by atoms with van der Waals surface area (Å²) < 4.78 is 0. The molecule has 0 bridgehead atoms. The van der Waals surface area contributed by atoms with Crippen molar-refractivity contribution in [3.63, 3.8) is 0 Å². The number of nitrogens with two attached hydrogens (primary N) is 1. The molecule has 1 aromatic rings. The van der Waals surface area contributed by atoms with E-state index < -0.39 is 0 Å². The molecule has 0 heterocycles. The summed E-state index contributed by atoms with van der Waals surface area (Å²) >= 11 is 10.6. The van der Waals surface area contributed by atoms with Crippen LogP contribution in [0.2, 0.25) is 5.02 Å². The van der Waals surface area contributed by atoms with Gasteiger partial charge >= 0.3 is 0 Å². The lowest BCUT2D eigenvalue weighted by molar-refractivity contribution is -0.120. The molecule has 3 N–H and O–H groups in total. The molecule has 1 rings (SSSR count). The Bertz CT molecular complexity index is 395. The van der Waals surface area contributed by atoms with Crippen molar-refractivity contribution in [2.24, 2.45) is 5.73 Å². The quantitative estimate of drug-likeness (QED) is 0.788. The molecule has 0 aliphatic carbocycles. The van der Waals surface area contributed by atoms with Crippen molar-refractivity contribution >= 4 is 34.7 Å². The summed E-state index contributed by atoms with van der Waals surface area (Å²) in [5.74, 6) is -0.0762. The van der Waals surface area contributed by atoms with Crippen molar-refractivity contribution in [2.45, 2.75) is 12.8 Å². The molecular formula is C11H13ClN2OS. The zero-order valence-corrected chi connectivity index (χ0v) is 10.3. The van der Waals surface area contributed by atoms with Gasteiger partial charge in [-0.05, 0) is 18.1 Å². The maximum absolute atomic E-state index is 11.4. The molecule has 0 saturated carbocycles. The fraction of sp³-hybridized carbons (Fsp3) is 0.273. The highest BCUT2D eigenvalue weighted by Crippen LogP contribution is 2.16. The van der Waals surface area contributed by atoms with Crippen molar-refractivity contribution in [1.82, 2.24) is 5.32 Å². The standard InChI is InChI=1S/C11H13ClN2OS/c12-9-4-2-1-3-8(9)5-6-11(15)14-7-10(13)16/h1-4H,5-7H2,(H2,13,16)(H,14,15). The van der Waals surface area contributed by atoms with Crippen molar-refractivity contribution < 1.29 is 4.79 Å². The molecule has 0 aromatic heterocycles. The van der Waals surface area contributed by atoms with Crippen LogP contribution in [0.4, 0.5) is 0 Å². The third-order valence-corrected chi connectivity index (χ3v) is 2.55. The van der Waals surface area contributed by atoms with E-state index in [-0.39, 0.29) is 17.4 Å². The van der Waals surface area contributed by atoms with Gasteiger partial charge in [0.25, 0.3) is 0 Å². The lowest BCUT2D eigenvalue weighted by atomic mass is 10.1. The van der Waals surface area contributed by atoms with Gasteiger partial charge in [0.15, 0.2) is 0 Å². The number of hydrogen-bond donors (Lipinski definition) is 2. The van der Waals surface area contributed by atoms with Crippen LogP contribution in [0.15, 0.2) is 24.3 Å². The third-order valence-electron chi connectivity index (χ3n) is 2.04. The molecule has 0 atom stereocenters. The molecule has 1 amide bonds. The molecule has 86 valence electrons. The van der Waals surface area contributed by atoms with Crippen molar-refractivity contribution in [1.29, 1.82) is 0 Å². The normalized spacial score (nSPS) is 9.81. The summed E-state index contributed by atoms with van der Waals surface area (Å²) in [5, 5.41) is 3.31. The van der Waals surface area contributed by atoms with Gasteiger partial charge in [0, 0.05) is 11.4 Å². The second kappa shape index (κ2) is 6.45. The Morgan fingerprint density at radius 2 is 2.12 bits per heavy atom. The van der Waals surface area contributed by atoms with Crippen LogP contribution in [0.5, 0.6) is 0 Å². The van der Waals surface area contributed by atoms with Crippen molar-refractivity contribution in [2.75, 3.05) is 6.54 Å². The molecule has 0 fully saturated rings. The fourth-order valence-electron chi connectivity index (χ4n) is 1.22. The summed E-state index contributed by atoms with van der Waals surface area (Å²) in [6.07, 6.45) is 0.995. The van der Waals surface area contributed by atoms with E-state index in [1.165, 1.54) is 0 Å². The summed E-state index contributed by atoms with van der Waals surface area (Å²) in [6.45, 7) is 0.247. The van der Waals surface area contributed by atoms with Crippen molar-refractivity contribution in [3.05, 3.63) is 34.9 Å². The highest BCUT2D eigenvalue weighted by Gasteiger charge is 2.04. The zero-order valence-electron chi connectivity index (χ0n) is 8.70.